The van der Waals surface area contributed by atoms with Gasteiger partial charge in [-0.1, -0.05) is 340 Å². The van der Waals surface area contributed by atoms with Gasteiger partial charge < -0.3 is 28.4 Å². The molecule has 0 spiro atoms. The van der Waals surface area contributed by atoms with Crippen molar-refractivity contribution in [3.63, 3.8) is 0 Å². The molecule has 0 atom stereocenters. The summed E-state index contributed by atoms with van der Waals surface area (Å²) < 4.78 is 18.2. The molecule has 0 saturated carbocycles. The molecule has 28 aromatic rings. The molecule has 0 aliphatic rings. The van der Waals surface area contributed by atoms with Crippen molar-refractivity contribution in [2.24, 2.45) is 0 Å². The number of hydrogen-bond acceptors (Lipinski definition) is 8. The Balaban J connectivity index is 0.000000141. The SMILES string of the molecule is Cc1cccc(N(c2ccc(-c3cccc4c3sc3ccccc34)cc2)c2c3ccccc3c(N(c3ccc(-c4cccc5c4sc4ccccc45)cc3)c3cccc(C)c3)c3cc4ccccc4cc23)c1.c1ccc(N(c2ccc(-c3cccc4c3oc3ccccc34)cc2)c2ccc3ccc4c(N(c5ccccc5)c5ccc(-c6cccc7c6oc6ccccc67)cc5)ccc5ccc2c3c54)cc1. The number of para-hydroxylation sites is 6. The second-order valence-corrected chi connectivity index (χ2v) is 38.7. The Bertz CT molecular complexity index is 9190. The van der Waals surface area contributed by atoms with E-state index < -0.39 is 0 Å². The summed E-state index contributed by atoms with van der Waals surface area (Å²) in [6, 6.07) is 177. The van der Waals surface area contributed by atoms with Gasteiger partial charge in [-0.15, -0.1) is 22.7 Å². The summed E-state index contributed by atoms with van der Waals surface area (Å²) in [5, 5.41) is 24.1. The summed E-state index contributed by atoms with van der Waals surface area (Å²) >= 11 is 3.76. The number of anilines is 12. The molecular weight excluding hydrogens is 1740 g/mol. The minimum absolute atomic E-state index is 0.902. The normalized spacial score (nSPS) is 11.8. The van der Waals surface area contributed by atoms with Gasteiger partial charge in [0, 0.05) is 151 Å². The number of rotatable bonds is 16. The molecule has 140 heavy (non-hydrogen) atoms. The second-order valence-electron chi connectivity index (χ2n) is 36.6. The van der Waals surface area contributed by atoms with Crippen molar-refractivity contribution < 1.29 is 8.83 Å². The summed E-state index contributed by atoms with van der Waals surface area (Å²) in [4.78, 5) is 9.78. The van der Waals surface area contributed by atoms with Crippen molar-refractivity contribution in [2.45, 2.75) is 13.8 Å². The van der Waals surface area contributed by atoms with Gasteiger partial charge >= 0.3 is 0 Å². The number of furan rings is 2. The van der Waals surface area contributed by atoms with Crippen LogP contribution in [0.25, 0.3) is 193 Å². The Morgan fingerprint density at radius 3 is 0.900 bits per heavy atom. The quantitative estimate of drug-likeness (QED) is 0.0545. The highest BCUT2D eigenvalue weighted by Crippen LogP contribution is 2.56. The van der Waals surface area contributed by atoms with Crippen molar-refractivity contribution in [3.05, 3.63) is 496 Å². The Hall–Kier alpha value is -17.7. The third-order valence-electron chi connectivity index (χ3n) is 28.3. The van der Waals surface area contributed by atoms with Crippen LogP contribution in [0.3, 0.4) is 0 Å². The lowest BCUT2D eigenvalue weighted by atomic mass is 9.91. The molecule has 0 radical (unpaired) electrons. The first-order chi connectivity index (χ1) is 69.2. The lowest BCUT2D eigenvalue weighted by Gasteiger charge is -2.33. The average molecular weight is 1820 g/mol. The first-order valence-corrected chi connectivity index (χ1v) is 49.4. The predicted molar refractivity (Wildman–Crippen MR) is 599 cm³/mol. The number of nitrogens with zero attached hydrogens (tertiary/aromatic N) is 4. The fourth-order valence-corrected chi connectivity index (χ4v) is 24.4. The molecule has 0 unspecified atom stereocenters. The second kappa shape index (κ2) is 33.7. The summed E-state index contributed by atoms with van der Waals surface area (Å²) in [5.74, 6) is 0. The number of benzene rings is 24. The van der Waals surface area contributed by atoms with Crippen LogP contribution in [0.4, 0.5) is 68.2 Å². The number of fused-ring (bicyclic) bond motifs is 15. The highest BCUT2D eigenvalue weighted by molar-refractivity contribution is 7.26. The van der Waals surface area contributed by atoms with Gasteiger partial charge in [-0.05, 0) is 236 Å². The lowest BCUT2D eigenvalue weighted by molar-refractivity contribution is 0.669. The maximum absolute atomic E-state index is 6.46. The highest BCUT2D eigenvalue weighted by Gasteiger charge is 2.30. The summed E-state index contributed by atoms with van der Waals surface area (Å²) in [7, 11) is 0. The summed E-state index contributed by atoms with van der Waals surface area (Å²) in [6.45, 7) is 4.38. The minimum Gasteiger partial charge on any atom is -0.455 e. The van der Waals surface area contributed by atoms with E-state index in [4.69, 9.17) is 8.83 Å². The molecule has 24 aromatic carbocycles. The number of aryl methyl sites for hydroxylation is 2. The lowest BCUT2D eigenvalue weighted by Crippen LogP contribution is -2.15. The van der Waals surface area contributed by atoms with Crippen molar-refractivity contribution in [3.8, 4) is 44.5 Å². The molecule has 0 saturated heterocycles. The number of thiophene rings is 2. The molecular formula is C132H86N4O2S2. The molecule has 28 rings (SSSR count). The molecule has 0 N–H and O–H groups in total. The molecule has 0 fully saturated rings. The van der Waals surface area contributed by atoms with E-state index in [1.54, 1.807) is 0 Å². The molecule has 4 aromatic heterocycles. The average Bonchev–Trinajstić information content (AvgIpc) is 1.53. The van der Waals surface area contributed by atoms with Gasteiger partial charge in [0.1, 0.15) is 22.3 Å². The third kappa shape index (κ3) is 13.8. The van der Waals surface area contributed by atoms with Crippen LogP contribution in [-0.2, 0) is 0 Å². The Labute approximate surface area is 816 Å². The van der Waals surface area contributed by atoms with Crippen molar-refractivity contribution in [1.29, 1.82) is 0 Å². The van der Waals surface area contributed by atoms with Crippen LogP contribution in [0.1, 0.15) is 11.1 Å². The van der Waals surface area contributed by atoms with E-state index in [1.807, 2.05) is 46.9 Å². The van der Waals surface area contributed by atoms with Gasteiger partial charge in [-0.25, -0.2) is 0 Å². The maximum Gasteiger partial charge on any atom is 0.143 e. The Morgan fingerprint density at radius 1 is 0.186 bits per heavy atom. The van der Waals surface area contributed by atoms with Gasteiger partial charge in [-0.3, -0.25) is 0 Å². The summed E-state index contributed by atoms with van der Waals surface area (Å²) in [6.07, 6.45) is 0. The monoisotopic (exact) mass is 1820 g/mol. The van der Waals surface area contributed by atoms with Crippen LogP contribution < -0.4 is 19.6 Å². The van der Waals surface area contributed by atoms with E-state index in [0.717, 1.165) is 134 Å². The zero-order valence-corrected chi connectivity index (χ0v) is 78.2. The zero-order chi connectivity index (χ0) is 92.6. The first-order valence-electron chi connectivity index (χ1n) is 47.8. The minimum atomic E-state index is 0.902. The molecule has 0 bridgehead atoms. The van der Waals surface area contributed by atoms with Gasteiger partial charge in [0.05, 0.1) is 22.7 Å². The molecule has 6 nitrogen and oxygen atoms in total. The first kappa shape index (κ1) is 81.9. The smallest absolute Gasteiger partial charge is 0.143 e. The fourth-order valence-electron chi connectivity index (χ4n) is 21.9. The van der Waals surface area contributed by atoms with Gasteiger partial charge in [0.2, 0.25) is 0 Å². The van der Waals surface area contributed by atoms with Gasteiger partial charge in [-0.2, -0.15) is 0 Å². The van der Waals surface area contributed by atoms with E-state index in [0.29, 0.717) is 0 Å². The standard InChI is InChI=1S/C68H46N2S2.C64H40N2O2/c1-43-15-11-19-51(39-43)69(49-35-31-45(32-36-49)53-25-13-27-59-55-21-7-9-29-63(55)71-67(53)59)65-57-23-5-6-24-58(57)66(62-42-48-18-4-3-17-47(48)41-61(62)65)70(52-20-12-16-44(2)40-52)50-37-33-46(34-38-50)54-26-14-28-60-56-22-8-10-30-64(56)72-68(54)60;1-3-13-45(14-4-1)65(47-33-25-41(26-34-47)49-19-11-21-53-51-17-7-9-23-59(51)67-63(49)53)57-39-31-43-30-38-56-58(40-32-44-29-37-55(57)61(43)62(44)56)66(46-15-5-2-6-16-46)48-35-27-42(28-36-48)50-20-12-22-54-52-18-8-10-24-60(52)68-64(50)54/h3-42H,1-2H3;1-40H. The van der Waals surface area contributed by atoms with Crippen molar-refractivity contribution in [1.82, 2.24) is 0 Å². The van der Waals surface area contributed by atoms with Crippen LogP contribution in [0, 0.1) is 13.8 Å². The fraction of sp³-hybridized carbons (Fsp3) is 0.0152. The maximum atomic E-state index is 6.46. The molecule has 0 amide bonds. The van der Waals surface area contributed by atoms with Crippen molar-refractivity contribution >= 4 is 240 Å². The van der Waals surface area contributed by atoms with E-state index in [9.17, 15) is 0 Å². The third-order valence-corrected chi connectivity index (χ3v) is 30.7. The van der Waals surface area contributed by atoms with Crippen LogP contribution in [0.5, 0.6) is 0 Å². The van der Waals surface area contributed by atoms with E-state index >= 15 is 0 Å². The largest absolute Gasteiger partial charge is 0.455 e. The van der Waals surface area contributed by atoms with E-state index in [1.165, 1.54) is 138 Å². The zero-order valence-electron chi connectivity index (χ0n) is 76.6. The molecule has 658 valence electrons. The Morgan fingerprint density at radius 2 is 0.493 bits per heavy atom. The van der Waals surface area contributed by atoms with E-state index in [2.05, 4.69) is 494 Å². The molecule has 0 aliphatic carbocycles. The molecule has 4 heterocycles. The number of hydrogen-bond donors (Lipinski definition) is 0. The highest BCUT2D eigenvalue weighted by atomic mass is 32.1. The van der Waals surface area contributed by atoms with Gasteiger partial charge in [0.15, 0.2) is 0 Å². The van der Waals surface area contributed by atoms with Gasteiger partial charge in [0.25, 0.3) is 0 Å². The van der Waals surface area contributed by atoms with Crippen LogP contribution >= 0.6 is 22.7 Å². The van der Waals surface area contributed by atoms with Crippen LogP contribution in [-0.4, -0.2) is 0 Å². The molecule has 8 heteroatoms. The predicted octanol–water partition coefficient (Wildman–Crippen LogP) is 39.4. The molecule has 0 aliphatic heterocycles. The Kier molecular flexibility index (Phi) is 19.7. The van der Waals surface area contributed by atoms with Crippen molar-refractivity contribution in [2.75, 3.05) is 19.6 Å². The van der Waals surface area contributed by atoms with Crippen LogP contribution in [0.2, 0.25) is 0 Å². The van der Waals surface area contributed by atoms with E-state index in [-0.39, 0.29) is 0 Å². The summed E-state index contributed by atoms with van der Waals surface area (Å²) in [5.41, 5.74) is 28.6. The van der Waals surface area contributed by atoms with Crippen LogP contribution in [0.15, 0.2) is 494 Å². The topological polar surface area (TPSA) is 39.2 Å².